The van der Waals surface area contributed by atoms with Crippen LogP contribution in [0, 0.1) is 0 Å². The zero-order valence-corrected chi connectivity index (χ0v) is 10.2. The summed E-state index contributed by atoms with van der Waals surface area (Å²) in [5.41, 5.74) is -0.493. The summed E-state index contributed by atoms with van der Waals surface area (Å²) in [7, 11) is 0. The van der Waals surface area contributed by atoms with E-state index in [4.69, 9.17) is 4.74 Å². The summed E-state index contributed by atoms with van der Waals surface area (Å²) in [4.78, 5) is 11.1. The Morgan fingerprint density at radius 3 is 2.40 bits per heavy atom. The molecule has 15 heavy (non-hydrogen) atoms. The predicted octanol–water partition coefficient (Wildman–Crippen LogP) is 3.63. The van der Waals surface area contributed by atoms with Crippen LogP contribution in [0.3, 0.4) is 0 Å². The lowest BCUT2D eigenvalue weighted by molar-refractivity contribution is -0.152. The van der Waals surface area contributed by atoms with E-state index in [-0.39, 0.29) is 5.97 Å². The molecule has 0 fully saturated rings. The number of allylic oxidation sites excluding steroid dienone is 3. The third kappa shape index (κ3) is 7.98. The Morgan fingerprint density at radius 1 is 1.20 bits per heavy atom. The minimum atomic E-state index is -0.493. The SMILES string of the molecule is CC/C=C/C/C=C/C(C)(C)OC(=O)CC. The van der Waals surface area contributed by atoms with Crippen LogP contribution in [0.4, 0.5) is 0 Å². The van der Waals surface area contributed by atoms with Gasteiger partial charge in [0.2, 0.25) is 0 Å². The molecule has 2 nitrogen and oxygen atoms in total. The van der Waals surface area contributed by atoms with E-state index >= 15 is 0 Å². The molecule has 0 aromatic rings. The molecule has 0 radical (unpaired) electrons. The molecule has 0 unspecified atom stereocenters. The van der Waals surface area contributed by atoms with Crippen LogP contribution in [0.2, 0.25) is 0 Å². The van der Waals surface area contributed by atoms with Gasteiger partial charge >= 0.3 is 5.97 Å². The van der Waals surface area contributed by atoms with Gasteiger partial charge in [-0.1, -0.05) is 32.1 Å². The molecule has 0 aliphatic rings. The van der Waals surface area contributed by atoms with Crippen molar-refractivity contribution in [3.05, 3.63) is 24.3 Å². The van der Waals surface area contributed by atoms with Gasteiger partial charge < -0.3 is 4.74 Å². The van der Waals surface area contributed by atoms with Crippen LogP contribution in [0.25, 0.3) is 0 Å². The Morgan fingerprint density at radius 2 is 1.87 bits per heavy atom. The minimum Gasteiger partial charge on any atom is -0.455 e. The quantitative estimate of drug-likeness (QED) is 0.494. The molecule has 0 aromatic carbocycles. The highest BCUT2D eigenvalue weighted by Gasteiger charge is 2.17. The van der Waals surface area contributed by atoms with Crippen molar-refractivity contribution >= 4 is 5.97 Å². The van der Waals surface area contributed by atoms with Crippen LogP contribution < -0.4 is 0 Å². The maximum atomic E-state index is 11.1. The molecule has 0 amide bonds. The molecule has 0 aliphatic heterocycles. The molecular formula is C13H22O2. The summed E-state index contributed by atoms with van der Waals surface area (Å²) in [6.45, 7) is 7.68. The van der Waals surface area contributed by atoms with Gasteiger partial charge in [-0.05, 0) is 32.8 Å². The molecule has 0 N–H and O–H groups in total. The summed E-state index contributed by atoms with van der Waals surface area (Å²) in [5, 5.41) is 0. The van der Waals surface area contributed by atoms with Gasteiger partial charge in [-0.25, -0.2) is 0 Å². The standard InChI is InChI=1S/C13H22O2/c1-5-7-8-9-10-11-13(3,4)15-12(14)6-2/h7-8,10-11H,5-6,9H2,1-4H3/b8-7+,11-10+. The second-order valence-electron chi connectivity index (χ2n) is 3.95. The van der Waals surface area contributed by atoms with Crippen LogP contribution >= 0.6 is 0 Å². The molecule has 0 aliphatic carbocycles. The van der Waals surface area contributed by atoms with Crippen molar-refractivity contribution in [1.29, 1.82) is 0 Å². The van der Waals surface area contributed by atoms with E-state index in [0.717, 1.165) is 12.8 Å². The van der Waals surface area contributed by atoms with Crippen LogP contribution in [0.5, 0.6) is 0 Å². The molecule has 0 aromatic heterocycles. The lowest BCUT2D eigenvalue weighted by Crippen LogP contribution is -2.24. The summed E-state index contributed by atoms with van der Waals surface area (Å²) >= 11 is 0. The van der Waals surface area contributed by atoms with Crippen molar-refractivity contribution in [2.24, 2.45) is 0 Å². The van der Waals surface area contributed by atoms with Gasteiger partial charge in [0.15, 0.2) is 0 Å². The summed E-state index contributed by atoms with van der Waals surface area (Å²) in [6.07, 6.45) is 10.6. The van der Waals surface area contributed by atoms with Crippen LogP contribution in [0.15, 0.2) is 24.3 Å². The molecule has 0 spiro atoms. The normalized spacial score (nSPS) is 12.5. The molecular weight excluding hydrogens is 188 g/mol. The Labute approximate surface area is 93.0 Å². The smallest absolute Gasteiger partial charge is 0.306 e. The van der Waals surface area contributed by atoms with Gasteiger partial charge in [-0.15, -0.1) is 0 Å². The number of ether oxygens (including phenoxy) is 1. The Kier molecular flexibility index (Phi) is 6.76. The zero-order chi connectivity index (χ0) is 11.7. The van der Waals surface area contributed by atoms with E-state index in [1.54, 1.807) is 6.92 Å². The van der Waals surface area contributed by atoms with Crippen LogP contribution in [0.1, 0.15) is 47.0 Å². The maximum Gasteiger partial charge on any atom is 0.306 e. The number of hydrogen-bond acceptors (Lipinski definition) is 2. The molecule has 86 valence electrons. The molecule has 0 atom stereocenters. The van der Waals surface area contributed by atoms with E-state index in [1.807, 2.05) is 26.0 Å². The molecule has 2 heteroatoms. The first kappa shape index (κ1) is 13.9. The third-order valence-corrected chi connectivity index (χ3v) is 1.86. The van der Waals surface area contributed by atoms with Gasteiger partial charge in [0.05, 0.1) is 0 Å². The molecule has 0 bridgehead atoms. The van der Waals surface area contributed by atoms with Crippen molar-refractivity contribution in [2.45, 2.75) is 52.6 Å². The first-order chi connectivity index (χ1) is 7.02. The zero-order valence-electron chi connectivity index (χ0n) is 10.2. The number of carbonyl (C=O) groups is 1. The maximum absolute atomic E-state index is 11.1. The summed E-state index contributed by atoms with van der Waals surface area (Å²) < 4.78 is 5.24. The van der Waals surface area contributed by atoms with E-state index in [9.17, 15) is 4.79 Å². The van der Waals surface area contributed by atoms with Gasteiger partial charge in [-0.2, -0.15) is 0 Å². The monoisotopic (exact) mass is 210 g/mol. The number of carbonyl (C=O) groups excluding carboxylic acids is 1. The highest BCUT2D eigenvalue weighted by Crippen LogP contribution is 2.12. The average molecular weight is 210 g/mol. The van der Waals surface area contributed by atoms with E-state index < -0.39 is 5.60 Å². The second kappa shape index (κ2) is 7.27. The van der Waals surface area contributed by atoms with Crippen molar-refractivity contribution in [3.63, 3.8) is 0 Å². The average Bonchev–Trinajstić information content (AvgIpc) is 2.16. The third-order valence-electron chi connectivity index (χ3n) is 1.86. The fourth-order valence-corrected chi connectivity index (χ4v) is 1.09. The Bertz CT molecular complexity index is 237. The molecule has 0 saturated heterocycles. The number of rotatable bonds is 6. The number of esters is 1. The van der Waals surface area contributed by atoms with Crippen LogP contribution in [-0.2, 0) is 9.53 Å². The number of hydrogen-bond donors (Lipinski definition) is 0. The molecule has 0 heterocycles. The highest BCUT2D eigenvalue weighted by molar-refractivity contribution is 5.69. The van der Waals surface area contributed by atoms with E-state index in [2.05, 4.69) is 19.1 Å². The fourth-order valence-electron chi connectivity index (χ4n) is 1.09. The lowest BCUT2D eigenvalue weighted by atomic mass is 10.1. The topological polar surface area (TPSA) is 26.3 Å². The van der Waals surface area contributed by atoms with Gasteiger partial charge in [-0.3, -0.25) is 4.79 Å². The van der Waals surface area contributed by atoms with Crippen molar-refractivity contribution < 1.29 is 9.53 Å². The largest absolute Gasteiger partial charge is 0.455 e. The van der Waals surface area contributed by atoms with Crippen LogP contribution in [-0.4, -0.2) is 11.6 Å². The first-order valence-electron chi connectivity index (χ1n) is 5.56. The minimum absolute atomic E-state index is 0.159. The van der Waals surface area contributed by atoms with Gasteiger partial charge in [0, 0.05) is 6.42 Å². The Balaban J connectivity index is 4.01. The highest BCUT2D eigenvalue weighted by atomic mass is 16.6. The van der Waals surface area contributed by atoms with Crippen molar-refractivity contribution in [2.75, 3.05) is 0 Å². The van der Waals surface area contributed by atoms with E-state index in [0.29, 0.717) is 6.42 Å². The predicted molar refractivity (Wildman–Crippen MR) is 63.7 cm³/mol. The summed E-state index contributed by atoms with van der Waals surface area (Å²) in [6, 6.07) is 0. The van der Waals surface area contributed by atoms with Gasteiger partial charge in [0.25, 0.3) is 0 Å². The molecule has 0 saturated carbocycles. The van der Waals surface area contributed by atoms with Crippen molar-refractivity contribution in [3.8, 4) is 0 Å². The summed E-state index contributed by atoms with van der Waals surface area (Å²) in [5.74, 6) is -0.159. The fraction of sp³-hybridized carbons (Fsp3) is 0.615. The van der Waals surface area contributed by atoms with E-state index in [1.165, 1.54) is 0 Å². The first-order valence-corrected chi connectivity index (χ1v) is 5.56. The van der Waals surface area contributed by atoms with Gasteiger partial charge in [0.1, 0.15) is 5.60 Å². The Hall–Kier alpha value is -1.05. The van der Waals surface area contributed by atoms with Crippen molar-refractivity contribution in [1.82, 2.24) is 0 Å². The lowest BCUT2D eigenvalue weighted by Gasteiger charge is -2.20. The molecule has 0 rings (SSSR count). The second-order valence-corrected chi connectivity index (χ2v) is 3.95.